The number of anilines is 2. The number of hydrogen-bond donors (Lipinski definition) is 2. The third-order valence-corrected chi connectivity index (χ3v) is 4.40. The molecule has 2 aromatic rings. The number of furan rings is 1. The average Bonchev–Trinajstić information content (AvgIpc) is 3.07. The van der Waals surface area contributed by atoms with Gasteiger partial charge in [-0.1, -0.05) is 6.07 Å². The van der Waals surface area contributed by atoms with E-state index in [2.05, 4.69) is 26.6 Å². The van der Waals surface area contributed by atoms with Gasteiger partial charge in [-0.25, -0.2) is 0 Å². The van der Waals surface area contributed by atoms with E-state index in [1.807, 2.05) is 6.07 Å². The summed E-state index contributed by atoms with van der Waals surface area (Å²) in [5, 5.41) is 5.20. The minimum absolute atomic E-state index is 0.0941. The molecule has 1 aromatic heterocycles. The molecule has 3 amide bonds. The van der Waals surface area contributed by atoms with Crippen LogP contribution < -0.4 is 15.5 Å². The standard InChI is InChI=1S/C18H18BrN3O4/c19-15-8-7-14(26-15)18(25)20-11-16(23)21-12-4-3-5-13(10-12)22-9-2-1-6-17(22)24/h3-5,7-8,10H,1-2,6,9,11H2,(H,20,25)(H,21,23). The van der Waals surface area contributed by atoms with Gasteiger partial charge in [0, 0.05) is 24.3 Å². The van der Waals surface area contributed by atoms with Crippen molar-refractivity contribution in [1.82, 2.24) is 5.32 Å². The first kappa shape index (κ1) is 18.2. The average molecular weight is 420 g/mol. The van der Waals surface area contributed by atoms with Gasteiger partial charge in [-0.2, -0.15) is 0 Å². The summed E-state index contributed by atoms with van der Waals surface area (Å²) < 4.78 is 5.57. The summed E-state index contributed by atoms with van der Waals surface area (Å²) in [5.41, 5.74) is 1.33. The molecular weight excluding hydrogens is 402 g/mol. The zero-order valence-corrected chi connectivity index (χ0v) is 15.5. The molecule has 2 heterocycles. The normalized spacial score (nSPS) is 14.2. The summed E-state index contributed by atoms with van der Waals surface area (Å²) in [6.07, 6.45) is 2.43. The Morgan fingerprint density at radius 2 is 2.04 bits per heavy atom. The number of hydrogen-bond acceptors (Lipinski definition) is 4. The van der Waals surface area contributed by atoms with Crippen molar-refractivity contribution in [2.45, 2.75) is 19.3 Å². The van der Waals surface area contributed by atoms with Gasteiger partial charge < -0.3 is 20.0 Å². The topological polar surface area (TPSA) is 91.7 Å². The van der Waals surface area contributed by atoms with Crippen molar-refractivity contribution in [2.24, 2.45) is 0 Å². The Kier molecular flexibility index (Phi) is 5.72. The van der Waals surface area contributed by atoms with Crippen LogP contribution in [0.2, 0.25) is 0 Å². The van der Waals surface area contributed by atoms with E-state index in [0.717, 1.165) is 18.5 Å². The second-order valence-electron chi connectivity index (χ2n) is 5.89. The van der Waals surface area contributed by atoms with E-state index < -0.39 is 5.91 Å². The number of carbonyl (C=O) groups is 3. The summed E-state index contributed by atoms with van der Waals surface area (Å²) in [6, 6.07) is 10.2. The lowest BCUT2D eigenvalue weighted by Gasteiger charge is -2.27. The lowest BCUT2D eigenvalue weighted by atomic mass is 10.1. The van der Waals surface area contributed by atoms with Gasteiger partial charge in [-0.05, 0) is 59.1 Å². The lowest BCUT2D eigenvalue weighted by molar-refractivity contribution is -0.119. The summed E-state index contributed by atoms with van der Waals surface area (Å²) in [4.78, 5) is 37.7. The van der Waals surface area contributed by atoms with E-state index in [1.165, 1.54) is 6.07 Å². The zero-order chi connectivity index (χ0) is 18.5. The second-order valence-corrected chi connectivity index (χ2v) is 6.67. The molecule has 0 atom stereocenters. The van der Waals surface area contributed by atoms with E-state index in [9.17, 15) is 14.4 Å². The van der Waals surface area contributed by atoms with Crippen LogP contribution in [0.1, 0.15) is 29.8 Å². The van der Waals surface area contributed by atoms with Crippen molar-refractivity contribution in [1.29, 1.82) is 0 Å². The molecule has 1 aliphatic heterocycles. The van der Waals surface area contributed by atoms with Gasteiger partial charge in [-0.3, -0.25) is 14.4 Å². The molecule has 2 N–H and O–H groups in total. The SMILES string of the molecule is O=C(CNC(=O)c1ccc(Br)o1)Nc1cccc(N2CCCCC2=O)c1. The Morgan fingerprint density at radius 3 is 2.77 bits per heavy atom. The van der Waals surface area contributed by atoms with Crippen LogP contribution in [0.4, 0.5) is 11.4 Å². The summed E-state index contributed by atoms with van der Waals surface area (Å²) in [6.45, 7) is 0.495. The monoisotopic (exact) mass is 419 g/mol. The number of halogens is 1. The van der Waals surface area contributed by atoms with Gasteiger partial charge in [0.25, 0.3) is 5.91 Å². The van der Waals surface area contributed by atoms with Gasteiger partial charge in [0.15, 0.2) is 10.4 Å². The fraction of sp³-hybridized carbons (Fsp3) is 0.278. The third-order valence-electron chi connectivity index (χ3n) is 3.97. The van der Waals surface area contributed by atoms with Crippen molar-refractivity contribution in [3.8, 4) is 0 Å². The van der Waals surface area contributed by atoms with Crippen LogP contribution in [0.5, 0.6) is 0 Å². The van der Waals surface area contributed by atoms with Crippen LogP contribution >= 0.6 is 15.9 Å². The quantitative estimate of drug-likeness (QED) is 0.778. The minimum Gasteiger partial charge on any atom is -0.444 e. The maximum atomic E-state index is 12.1. The number of carbonyl (C=O) groups excluding carboxylic acids is 3. The van der Waals surface area contributed by atoms with E-state index in [1.54, 1.807) is 29.2 Å². The van der Waals surface area contributed by atoms with Gasteiger partial charge in [0.2, 0.25) is 11.8 Å². The van der Waals surface area contributed by atoms with E-state index in [-0.39, 0.29) is 24.1 Å². The molecule has 8 heteroatoms. The van der Waals surface area contributed by atoms with Crippen LogP contribution in [0.3, 0.4) is 0 Å². The smallest absolute Gasteiger partial charge is 0.287 e. The number of piperidine rings is 1. The first-order chi connectivity index (χ1) is 12.5. The van der Waals surface area contributed by atoms with Gasteiger partial charge in [0.1, 0.15) is 0 Å². The molecule has 3 rings (SSSR count). The highest BCUT2D eigenvalue weighted by Gasteiger charge is 2.20. The molecule has 7 nitrogen and oxygen atoms in total. The van der Waals surface area contributed by atoms with Gasteiger partial charge >= 0.3 is 0 Å². The fourth-order valence-electron chi connectivity index (χ4n) is 2.72. The summed E-state index contributed by atoms with van der Waals surface area (Å²) in [7, 11) is 0. The molecule has 0 unspecified atom stereocenters. The lowest BCUT2D eigenvalue weighted by Crippen LogP contribution is -2.35. The number of nitrogens with one attached hydrogen (secondary N) is 2. The van der Waals surface area contributed by atoms with Crippen LogP contribution in [0, 0.1) is 0 Å². The molecule has 1 aliphatic rings. The first-order valence-corrected chi connectivity index (χ1v) is 9.06. The number of amides is 3. The van der Waals surface area contributed by atoms with Crippen LogP contribution in [-0.2, 0) is 9.59 Å². The van der Waals surface area contributed by atoms with E-state index >= 15 is 0 Å². The predicted molar refractivity (Wildman–Crippen MR) is 100 cm³/mol. The molecule has 136 valence electrons. The second kappa shape index (κ2) is 8.18. The van der Waals surface area contributed by atoms with Crippen molar-refractivity contribution in [2.75, 3.05) is 23.3 Å². The highest BCUT2D eigenvalue weighted by Crippen LogP contribution is 2.23. The highest BCUT2D eigenvalue weighted by atomic mass is 79.9. The van der Waals surface area contributed by atoms with Crippen molar-refractivity contribution in [3.05, 3.63) is 46.8 Å². The van der Waals surface area contributed by atoms with Gasteiger partial charge in [0.05, 0.1) is 6.54 Å². The molecule has 0 radical (unpaired) electrons. The number of nitrogens with zero attached hydrogens (tertiary/aromatic N) is 1. The Labute approximate surface area is 158 Å². The van der Waals surface area contributed by atoms with E-state index in [0.29, 0.717) is 23.3 Å². The molecule has 26 heavy (non-hydrogen) atoms. The van der Waals surface area contributed by atoms with Gasteiger partial charge in [-0.15, -0.1) is 0 Å². The number of rotatable bonds is 5. The predicted octanol–water partition coefficient (Wildman–Crippen LogP) is 2.93. The van der Waals surface area contributed by atoms with Crippen LogP contribution in [-0.4, -0.2) is 30.8 Å². The summed E-state index contributed by atoms with van der Waals surface area (Å²) in [5.74, 6) is -0.628. The van der Waals surface area contributed by atoms with Crippen molar-refractivity contribution < 1.29 is 18.8 Å². The molecule has 1 aromatic carbocycles. The Balaban J connectivity index is 1.56. The number of benzene rings is 1. The first-order valence-electron chi connectivity index (χ1n) is 8.27. The largest absolute Gasteiger partial charge is 0.444 e. The Bertz CT molecular complexity index is 833. The molecule has 0 aliphatic carbocycles. The Morgan fingerprint density at radius 1 is 1.19 bits per heavy atom. The molecular formula is C18H18BrN3O4. The highest BCUT2D eigenvalue weighted by molar-refractivity contribution is 9.10. The maximum Gasteiger partial charge on any atom is 0.287 e. The maximum absolute atomic E-state index is 12.1. The summed E-state index contributed by atoms with van der Waals surface area (Å²) >= 11 is 3.11. The van der Waals surface area contributed by atoms with Crippen LogP contribution in [0.15, 0.2) is 45.5 Å². The molecule has 1 fully saturated rings. The van der Waals surface area contributed by atoms with Crippen LogP contribution in [0.25, 0.3) is 0 Å². The molecule has 0 saturated carbocycles. The zero-order valence-electron chi connectivity index (χ0n) is 14.0. The van der Waals surface area contributed by atoms with Crippen molar-refractivity contribution >= 4 is 45.0 Å². The molecule has 0 bridgehead atoms. The van der Waals surface area contributed by atoms with E-state index in [4.69, 9.17) is 4.42 Å². The minimum atomic E-state index is -0.474. The third kappa shape index (κ3) is 4.51. The molecule has 1 saturated heterocycles. The molecule has 0 spiro atoms. The fourth-order valence-corrected chi connectivity index (χ4v) is 3.03. The Hall–Kier alpha value is -2.61. The van der Waals surface area contributed by atoms with Crippen molar-refractivity contribution in [3.63, 3.8) is 0 Å².